The van der Waals surface area contributed by atoms with E-state index in [1.54, 1.807) is 0 Å². The van der Waals surface area contributed by atoms with Crippen LogP contribution >= 0.6 is 0 Å². The van der Waals surface area contributed by atoms with Crippen molar-refractivity contribution in [2.75, 3.05) is 0 Å². The highest BCUT2D eigenvalue weighted by Gasteiger charge is 2.29. The van der Waals surface area contributed by atoms with Crippen LogP contribution in [0.25, 0.3) is 0 Å². The average Bonchev–Trinajstić information content (AvgIpc) is 2.13. The molecule has 0 fully saturated rings. The minimum Gasteiger partial charge on any atom is -0.502 e. The molecule has 0 spiro atoms. The van der Waals surface area contributed by atoms with Gasteiger partial charge in [0, 0.05) is 6.07 Å². The number of phenolic OH excluding ortho intramolecular Hbond substituents is 1. The Kier molecular flexibility index (Phi) is 3.43. The van der Waals surface area contributed by atoms with Gasteiger partial charge in [0.2, 0.25) is 0 Å². The van der Waals surface area contributed by atoms with Gasteiger partial charge in [-0.2, -0.15) is 0 Å². The summed E-state index contributed by atoms with van der Waals surface area (Å²) in [7, 11) is 0. The zero-order valence-corrected chi connectivity index (χ0v) is 11.9. The summed E-state index contributed by atoms with van der Waals surface area (Å²) in [6.07, 6.45) is 0. The number of nitro benzene ring substituents is 1. The van der Waals surface area contributed by atoms with Gasteiger partial charge < -0.3 is 5.11 Å². The van der Waals surface area contributed by atoms with Crippen LogP contribution < -0.4 is 0 Å². The maximum Gasteiger partial charge on any atom is 0.311 e. The number of nitro groups is 1. The lowest BCUT2D eigenvalue weighted by Crippen LogP contribution is -2.22. The largest absolute Gasteiger partial charge is 0.502 e. The van der Waals surface area contributed by atoms with Gasteiger partial charge in [0.15, 0.2) is 5.75 Å². The van der Waals surface area contributed by atoms with E-state index in [9.17, 15) is 15.2 Å². The first-order valence-electron chi connectivity index (χ1n) is 5.97. The van der Waals surface area contributed by atoms with Crippen molar-refractivity contribution >= 4 is 5.69 Å². The second-order valence-electron chi connectivity index (χ2n) is 6.64. The molecule has 0 aliphatic rings. The molecule has 0 bridgehead atoms. The van der Waals surface area contributed by atoms with Crippen molar-refractivity contribution < 1.29 is 10.0 Å². The lowest BCUT2D eigenvalue weighted by Gasteiger charge is -2.29. The molecule has 4 nitrogen and oxygen atoms in total. The van der Waals surface area contributed by atoms with Crippen LogP contribution in [0.3, 0.4) is 0 Å². The monoisotopic (exact) mass is 251 g/mol. The van der Waals surface area contributed by atoms with Crippen LogP contribution in [0.1, 0.15) is 52.7 Å². The van der Waals surface area contributed by atoms with E-state index in [1.165, 1.54) is 12.1 Å². The molecule has 1 aromatic carbocycles. The van der Waals surface area contributed by atoms with Crippen molar-refractivity contribution in [2.24, 2.45) is 0 Å². The van der Waals surface area contributed by atoms with E-state index in [0.29, 0.717) is 0 Å². The predicted molar refractivity (Wildman–Crippen MR) is 72.2 cm³/mol. The fraction of sp³-hybridized carbons (Fsp3) is 0.571. The lowest BCUT2D eigenvalue weighted by atomic mass is 9.75. The third-order valence-electron chi connectivity index (χ3n) is 2.93. The Morgan fingerprint density at radius 1 is 1.00 bits per heavy atom. The van der Waals surface area contributed by atoms with Gasteiger partial charge in [-0.3, -0.25) is 10.1 Å². The van der Waals surface area contributed by atoms with Crippen molar-refractivity contribution in [3.05, 3.63) is 33.4 Å². The number of benzene rings is 1. The molecular weight excluding hydrogens is 230 g/mol. The molecule has 0 aliphatic carbocycles. The van der Waals surface area contributed by atoms with Crippen molar-refractivity contribution in [1.82, 2.24) is 0 Å². The van der Waals surface area contributed by atoms with Gasteiger partial charge in [0.25, 0.3) is 0 Å². The molecule has 0 aromatic heterocycles. The fourth-order valence-corrected chi connectivity index (χ4v) is 1.96. The zero-order chi connectivity index (χ0) is 14.3. The Morgan fingerprint density at radius 3 is 1.72 bits per heavy atom. The van der Waals surface area contributed by atoms with E-state index in [1.807, 2.05) is 41.5 Å². The molecule has 1 N–H and O–H groups in total. The highest BCUT2D eigenvalue weighted by Crippen LogP contribution is 2.40. The molecule has 0 amide bonds. The second kappa shape index (κ2) is 4.26. The van der Waals surface area contributed by atoms with Crippen molar-refractivity contribution in [3.63, 3.8) is 0 Å². The molecule has 100 valence electrons. The smallest absolute Gasteiger partial charge is 0.311 e. The van der Waals surface area contributed by atoms with Crippen LogP contribution in [0.2, 0.25) is 0 Å². The van der Waals surface area contributed by atoms with Crippen LogP contribution in [0.5, 0.6) is 5.75 Å². The summed E-state index contributed by atoms with van der Waals surface area (Å²) in [6, 6.07) is 3.02. The van der Waals surface area contributed by atoms with E-state index in [-0.39, 0.29) is 22.3 Å². The minimum atomic E-state index is -0.545. The molecule has 0 radical (unpaired) electrons. The molecule has 0 saturated heterocycles. The van der Waals surface area contributed by atoms with Crippen molar-refractivity contribution in [1.29, 1.82) is 0 Å². The summed E-state index contributed by atoms with van der Waals surface area (Å²) in [5.74, 6) is -0.266. The van der Waals surface area contributed by atoms with E-state index in [4.69, 9.17) is 0 Å². The summed E-state index contributed by atoms with van der Waals surface area (Å²) in [4.78, 5) is 10.4. The van der Waals surface area contributed by atoms with Crippen LogP contribution in [-0.2, 0) is 10.8 Å². The number of hydrogen-bond acceptors (Lipinski definition) is 3. The van der Waals surface area contributed by atoms with Crippen LogP contribution in [0.4, 0.5) is 5.69 Å². The Balaban J connectivity index is 3.64. The molecular formula is C14H21NO3. The number of hydrogen-bond donors (Lipinski definition) is 1. The van der Waals surface area contributed by atoms with Gasteiger partial charge in [-0.05, 0) is 28.0 Å². The molecule has 0 heterocycles. The lowest BCUT2D eigenvalue weighted by molar-refractivity contribution is -0.386. The number of phenols is 1. The number of aromatic hydroxyl groups is 1. The van der Waals surface area contributed by atoms with Crippen LogP contribution in [0.15, 0.2) is 12.1 Å². The molecule has 0 atom stereocenters. The first-order chi connectivity index (χ1) is 7.94. The summed E-state index contributed by atoms with van der Waals surface area (Å²) in [5, 5.41) is 20.7. The second-order valence-corrected chi connectivity index (χ2v) is 6.64. The molecule has 1 aromatic rings. The van der Waals surface area contributed by atoms with Crippen LogP contribution in [-0.4, -0.2) is 10.0 Å². The molecule has 0 saturated carbocycles. The fourth-order valence-electron chi connectivity index (χ4n) is 1.96. The van der Waals surface area contributed by atoms with Gasteiger partial charge in [0.05, 0.1) is 4.92 Å². The Morgan fingerprint density at radius 2 is 1.39 bits per heavy atom. The SMILES string of the molecule is CC(C)(C)c1cc(O)c([N+](=O)[O-])cc1C(C)(C)C. The molecule has 4 heteroatoms. The van der Waals surface area contributed by atoms with E-state index in [2.05, 4.69) is 0 Å². The predicted octanol–water partition coefficient (Wildman–Crippen LogP) is 3.90. The van der Waals surface area contributed by atoms with Crippen LogP contribution in [0, 0.1) is 10.1 Å². The molecule has 18 heavy (non-hydrogen) atoms. The first kappa shape index (κ1) is 14.5. The number of rotatable bonds is 1. The molecule has 0 aliphatic heterocycles. The van der Waals surface area contributed by atoms with Gasteiger partial charge in [-0.15, -0.1) is 0 Å². The zero-order valence-electron chi connectivity index (χ0n) is 11.9. The standard InChI is InChI=1S/C14H21NO3/c1-13(2,3)9-7-11(15(17)18)12(16)8-10(9)14(4,5)6/h7-8,16H,1-6H3. The molecule has 1 rings (SSSR count). The summed E-state index contributed by atoms with van der Waals surface area (Å²) >= 11 is 0. The van der Waals surface area contributed by atoms with Gasteiger partial charge in [-0.1, -0.05) is 41.5 Å². The van der Waals surface area contributed by atoms with Crippen molar-refractivity contribution in [2.45, 2.75) is 52.4 Å². The number of nitrogens with zero attached hydrogens (tertiary/aromatic N) is 1. The average molecular weight is 251 g/mol. The third kappa shape index (κ3) is 2.81. The first-order valence-corrected chi connectivity index (χ1v) is 5.97. The Bertz CT molecular complexity index is 479. The Labute approximate surface area is 108 Å². The quantitative estimate of drug-likeness (QED) is 0.608. The van der Waals surface area contributed by atoms with E-state index >= 15 is 0 Å². The van der Waals surface area contributed by atoms with Crippen molar-refractivity contribution in [3.8, 4) is 5.75 Å². The summed E-state index contributed by atoms with van der Waals surface area (Å²) < 4.78 is 0. The highest BCUT2D eigenvalue weighted by molar-refractivity contribution is 5.54. The van der Waals surface area contributed by atoms with Gasteiger partial charge >= 0.3 is 5.69 Å². The maximum absolute atomic E-state index is 10.9. The normalized spacial score (nSPS) is 12.6. The van der Waals surface area contributed by atoms with E-state index in [0.717, 1.165) is 11.1 Å². The maximum atomic E-state index is 10.9. The highest BCUT2D eigenvalue weighted by atomic mass is 16.6. The van der Waals surface area contributed by atoms with Gasteiger partial charge in [0.1, 0.15) is 0 Å². The van der Waals surface area contributed by atoms with Gasteiger partial charge in [-0.25, -0.2) is 0 Å². The topological polar surface area (TPSA) is 63.4 Å². The third-order valence-corrected chi connectivity index (χ3v) is 2.93. The summed E-state index contributed by atoms with van der Waals surface area (Å²) in [6.45, 7) is 12.1. The molecule has 0 unspecified atom stereocenters. The van der Waals surface area contributed by atoms with E-state index < -0.39 is 4.92 Å². The summed E-state index contributed by atoms with van der Waals surface area (Å²) in [5.41, 5.74) is 1.24. The minimum absolute atomic E-state index is 0.171. The Hall–Kier alpha value is -1.58.